The van der Waals surface area contributed by atoms with Gasteiger partial charge in [0, 0.05) is 15.6 Å². The Bertz CT molecular complexity index is 761. The molecule has 1 aliphatic rings. The summed E-state index contributed by atoms with van der Waals surface area (Å²) >= 11 is 9.48. The zero-order chi connectivity index (χ0) is 15.0. The van der Waals surface area contributed by atoms with Gasteiger partial charge in [-0.3, -0.25) is 9.59 Å². The van der Waals surface area contributed by atoms with Crippen molar-refractivity contribution in [3.05, 3.63) is 57.0 Å². The zero-order valence-electron chi connectivity index (χ0n) is 10.7. The van der Waals surface area contributed by atoms with Gasteiger partial charge in [-0.25, -0.2) is 0 Å². The van der Waals surface area contributed by atoms with Crippen molar-refractivity contribution in [2.45, 2.75) is 0 Å². The fourth-order valence-electron chi connectivity index (χ4n) is 2.06. The first kappa shape index (κ1) is 14.1. The molecule has 2 aromatic rings. The topological polar surface area (TPSA) is 55.4 Å². The Kier molecular flexibility index (Phi) is 3.69. The average Bonchev–Trinajstić information content (AvgIpc) is 2.45. The third-order valence-corrected chi connectivity index (χ3v) is 3.84. The minimum Gasteiger partial charge on any atom is -0.482 e. The number of halogens is 2. The van der Waals surface area contributed by atoms with Crippen LogP contribution in [0.25, 0.3) is 0 Å². The summed E-state index contributed by atoms with van der Waals surface area (Å²) in [7, 11) is 0. The fourth-order valence-corrected chi connectivity index (χ4v) is 2.71. The Balaban J connectivity index is 2.03. The monoisotopic (exact) mass is 365 g/mol. The molecule has 4 nitrogen and oxygen atoms in total. The lowest BCUT2D eigenvalue weighted by Gasteiger charge is -2.19. The Morgan fingerprint density at radius 1 is 1.29 bits per heavy atom. The van der Waals surface area contributed by atoms with E-state index in [1.54, 1.807) is 24.3 Å². The lowest BCUT2D eigenvalue weighted by molar-refractivity contribution is -0.118. The number of nitrogens with one attached hydrogen (secondary N) is 1. The van der Waals surface area contributed by atoms with Crippen molar-refractivity contribution in [1.29, 1.82) is 0 Å². The van der Waals surface area contributed by atoms with Gasteiger partial charge < -0.3 is 10.1 Å². The number of fused-ring (bicyclic) bond motifs is 1. The van der Waals surface area contributed by atoms with Gasteiger partial charge in [0.1, 0.15) is 5.75 Å². The molecule has 0 unspecified atom stereocenters. The van der Waals surface area contributed by atoms with Gasteiger partial charge in [0.25, 0.3) is 5.91 Å². The molecule has 0 fully saturated rings. The van der Waals surface area contributed by atoms with Crippen LogP contribution >= 0.6 is 27.5 Å². The molecule has 0 bridgehead atoms. The molecular formula is C15H9BrClNO3. The van der Waals surface area contributed by atoms with E-state index in [0.29, 0.717) is 22.6 Å². The Morgan fingerprint density at radius 2 is 2.10 bits per heavy atom. The highest BCUT2D eigenvalue weighted by atomic mass is 79.9. The molecule has 106 valence electrons. The molecule has 1 amide bonds. The average molecular weight is 367 g/mol. The molecule has 1 N–H and O–H groups in total. The van der Waals surface area contributed by atoms with Crippen LogP contribution in [0.5, 0.6) is 5.75 Å². The van der Waals surface area contributed by atoms with E-state index in [1.165, 1.54) is 6.07 Å². The second-order valence-corrected chi connectivity index (χ2v) is 5.83. The summed E-state index contributed by atoms with van der Waals surface area (Å²) < 4.78 is 6.12. The minimum atomic E-state index is -0.246. The number of carbonyl (C=O) groups excluding carboxylic acids is 2. The van der Waals surface area contributed by atoms with Crippen LogP contribution in [0.4, 0.5) is 5.69 Å². The molecule has 0 radical (unpaired) electrons. The molecule has 1 aliphatic heterocycles. The molecule has 1 heterocycles. The Labute approximate surface area is 134 Å². The second-order valence-electron chi connectivity index (χ2n) is 4.50. The maximum Gasteiger partial charge on any atom is 0.262 e. The Morgan fingerprint density at radius 3 is 2.86 bits per heavy atom. The van der Waals surface area contributed by atoms with Crippen molar-refractivity contribution < 1.29 is 14.3 Å². The van der Waals surface area contributed by atoms with Gasteiger partial charge in [0.05, 0.1) is 10.7 Å². The highest BCUT2D eigenvalue weighted by Crippen LogP contribution is 2.34. The van der Waals surface area contributed by atoms with Crippen LogP contribution in [0.2, 0.25) is 5.02 Å². The summed E-state index contributed by atoms with van der Waals surface area (Å²) in [4.78, 5) is 23.8. The summed E-state index contributed by atoms with van der Waals surface area (Å²) in [6.07, 6.45) is 0. The van der Waals surface area contributed by atoms with Gasteiger partial charge in [-0.2, -0.15) is 0 Å². The summed E-state index contributed by atoms with van der Waals surface area (Å²) in [5.74, 6) is -0.00780. The van der Waals surface area contributed by atoms with Crippen molar-refractivity contribution in [1.82, 2.24) is 0 Å². The molecule has 21 heavy (non-hydrogen) atoms. The van der Waals surface area contributed by atoms with Crippen LogP contribution < -0.4 is 10.1 Å². The molecule has 0 atom stereocenters. The minimum absolute atomic E-state index is 0.0703. The molecular weight excluding hydrogens is 358 g/mol. The normalized spacial score (nSPS) is 13.1. The van der Waals surface area contributed by atoms with Gasteiger partial charge in [-0.1, -0.05) is 39.7 Å². The van der Waals surface area contributed by atoms with Gasteiger partial charge in [-0.15, -0.1) is 0 Å². The van der Waals surface area contributed by atoms with Gasteiger partial charge in [0.15, 0.2) is 12.4 Å². The highest BCUT2D eigenvalue weighted by Gasteiger charge is 2.21. The molecule has 0 aromatic heterocycles. The number of rotatable bonds is 2. The van der Waals surface area contributed by atoms with Crippen molar-refractivity contribution in [2.24, 2.45) is 0 Å². The van der Waals surface area contributed by atoms with Crippen molar-refractivity contribution >= 4 is 44.9 Å². The van der Waals surface area contributed by atoms with E-state index < -0.39 is 0 Å². The quantitative estimate of drug-likeness (QED) is 0.825. The maximum atomic E-state index is 12.5. The van der Waals surface area contributed by atoms with E-state index in [9.17, 15) is 9.59 Å². The number of ether oxygens (including phenoxy) is 1. The van der Waals surface area contributed by atoms with Crippen LogP contribution in [0.3, 0.4) is 0 Å². The van der Waals surface area contributed by atoms with Crippen LogP contribution in [0, 0.1) is 0 Å². The summed E-state index contributed by atoms with van der Waals surface area (Å²) in [6, 6.07) is 10.1. The van der Waals surface area contributed by atoms with E-state index in [0.717, 1.165) is 4.47 Å². The first-order valence-corrected chi connectivity index (χ1v) is 7.28. The summed E-state index contributed by atoms with van der Waals surface area (Å²) in [6.45, 7) is -0.0703. The third kappa shape index (κ3) is 2.80. The summed E-state index contributed by atoms with van der Waals surface area (Å²) in [5, 5.41) is 2.92. The number of carbonyl (C=O) groups is 2. The van der Waals surface area contributed by atoms with E-state index in [2.05, 4.69) is 21.2 Å². The number of hydrogen-bond donors (Lipinski definition) is 1. The third-order valence-electron chi connectivity index (χ3n) is 3.03. The van der Waals surface area contributed by atoms with Crippen LogP contribution in [0.15, 0.2) is 40.9 Å². The fraction of sp³-hybridized carbons (Fsp3) is 0.0667. The first-order chi connectivity index (χ1) is 10.0. The lowest BCUT2D eigenvalue weighted by Crippen LogP contribution is -2.25. The smallest absolute Gasteiger partial charge is 0.262 e. The van der Waals surface area contributed by atoms with Gasteiger partial charge in [0.2, 0.25) is 0 Å². The number of hydrogen-bond acceptors (Lipinski definition) is 3. The first-order valence-electron chi connectivity index (χ1n) is 6.11. The molecule has 2 aromatic carbocycles. The lowest BCUT2D eigenvalue weighted by atomic mass is 10.0. The Hall–Kier alpha value is -1.85. The summed E-state index contributed by atoms with van der Waals surface area (Å²) in [5.41, 5.74) is 1.33. The van der Waals surface area contributed by atoms with Crippen LogP contribution in [-0.4, -0.2) is 18.3 Å². The number of ketones is 1. The maximum absolute atomic E-state index is 12.5. The van der Waals surface area contributed by atoms with E-state index >= 15 is 0 Å². The van der Waals surface area contributed by atoms with Crippen LogP contribution in [-0.2, 0) is 4.79 Å². The van der Waals surface area contributed by atoms with Crippen molar-refractivity contribution in [3.8, 4) is 5.75 Å². The van der Waals surface area contributed by atoms with Gasteiger partial charge >= 0.3 is 0 Å². The predicted molar refractivity (Wildman–Crippen MR) is 83.2 cm³/mol. The van der Waals surface area contributed by atoms with E-state index in [-0.39, 0.29) is 23.3 Å². The molecule has 6 heteroatoms. The SMILES string of the molecule is O=C1COc2cc(C(=O)c3cccc(Br)c3)c(Cl)cc2N1. The largest absolute Gasteiger partial charge is 0.482 e. The molecule has 3 rings (SSSR count). The molecule has 0 aliphatic carbocycles. The molecule has 0 spiro atoms. The van der Waals surface area contributed by atoms with E-state index in [1.807, 2.05) is 6.07 Å². The number of amides is 1. The highest BCUT2D eigenvalue weighted by molar-refractivity contribution is 9.10. The molecule has 0 saturated carbocycles. The van der Waals surface area contributed by atoms with Crippen molar-refractivity contribution in [2.75, 3.05) is 11.9 Å². The van der Waals surface area contributed by atoms with E-state index in [4.69, 9.17) is 16.3 Å². The predicted octanol–water partition coefficient (Wildman–Crippen LogP) is 3.66. The van der Waals surface area contributed by atoms with Crippen LogP contribution in [0.1, 0.15) is 15.9 Å². The standard InChI is InChI=1S/C15H9BrClNO3/c16-9-3-1-2-8(4-9)15(20)10-5-13-12(6-11(10)17)18-14(19)7-21-13/h1-6H,7H2,(H,18,19). The number of anilines is 1. The second kappa shape index (κ2) is 5.50. The molecule has 0 saturated heterocycles. The van der Waals surface area contributed by atoms with Crippen molar-refractivity contribution in [3.63, 3.8) is 0 Å². The van der Waals surface area contributed by atoms with Gasteiger partial charge in [-0.05, 0) is 24.3 Å². The zero-order valence-corrected chi connectivity index (χ0v) is 13.0. The number of benzene rings is 2.